The highest BCUT2D eigenvalue weighted by Crippen LogP contribution is 2.37. The maximum absolute atomic E-state index is 16.1. The van der Waals surface area contributed by atoms with Gasteiger partial charge in [-0.05, 0) is 95.9 Å². The number of aromatic nitrogens is 3. The number of nitrogens with one attached hydrogen (secondary N) is 2. The summed E-state index contributed by atoms with van der Waals surface area (Å²) in [5, 5.41) is 16.9. The van der Waals surface area contributed by atoms with Crippen molar-refractivity contribution in [3.8, 4) is 17.0 Å². The Hall–Kier alpha value is -4.06. The number of halogens is 1. The summed E-state index contributed by atoms with van der Waals surface area (Å²) in [5.74, 6) is -0.471. The Balaban J connectivity index is 1.29. The third kappa shape index (κ3) is 7.27. The standard InChI is InChI=1S/C36H46FN7O3/c1-23-21-29(33(37)34(39-23)28-7-5-6-8-32(28)47-4)35(46)41-36-40-30-14-11-26(22-31(30)44(36)25-9-12-27(45)13-10-25)43-18-15-24(16-19-43)38-17-20-42(2)3/h5-8,11,14,21-22,24-25,27,38,45H,9-10,12-13,15-20H2,1-4H3,(H,40,41,46). The average Bonchev–Trinajstić information content (AvgIpc) is 3.43. The van der Waals surface area contributed by atoms with E-state index in [1.807, 2.05) is 6.07 Å². The van der Waals surface area contributed by atoms with E-state index >= 15 is 4.39 Å². The van der Waals surface area contributed by atoms with Gasteiger partial charge in [-0.2, -0.15) is 0 Å². The summed E-state index contributed by atoms with van der Waals surface area (Å²) in [6.45, 7) is 5.65. The molecule has 0 unspecified atom stereocenters. The first-order valence-corrected chi connectivity index (χ1v) is 16.7. The zero-order valence-corrected chi connectivity index (χ0v) is 27.8. The number of hydrogen-bond donors (Lipinski definition) is 3. The normalized spacial score (nSPS) is 19.0. The second-order valence-corrected chi connectivity index (χ2v) is 13.1. The summed E-state index contributed by atoms with van der Waals surface area (Å²) in [7, 11) is 5.71. The van der Waals surface area contributed by atoms with E-state index in [4.69, 9.17) is 9.72 Å². The summed E-state index contributed by atoms with van der Waals surface area (Å²) >= 11 is 0. The van der Waals surface area contributed by atoms with Crippen molar-refractivity contribution >= 4 is 28.6 Å². The Kier molecular flexibility index (Phi) is 10.0. The number of aliphatic hydroxyl groups is 1. The van der Waals surface area contributed by atoms with Gasteiger partial charge in [0.2, 0.25) is 5.95 Å². The molecule has 0 radical (unpaired) electrons. The molecule has 0 spiro atoms. The molecule has 1 aliphatic carbocycles. The minimum Gasteiger partial charge on any atom is -0.496 e. The van der Waals surface area contributed by atoms with Gasteiger partial charge in [0.05, 0.1) is 29.8 Å². The van der Waals surface area contributed by atoms with Crippen molar-refractivity contribution in [3.63, 3.8) is 0 Å². The number of imidazole rings is 1. The molecular formula is C36H46FN7O3. The van der Waals surface area contributed by atoms with Crippen molar-refractivity contribution in [2.75, 3.05) is 57.6 Å². The number of nitrogens with zero attached hydrogens (tertiary/aromatic N) is 5. The fourth-order valence-corrected chi connectivity index (χ4v) is 6.90. The van der Waals surface area contributed by atoms with Crippen LogP contribution in [-0.2, 0) is 0 Å². The molecule has 1 aliphatic heterocycles. The van der Waals surface area contributed by atoms with Crippen LogP contribution in [0.25, 0.3) is 22.3 Å². The maximum atomic E-state index is 16.1. The van der Waals surface area contributed by atoms with E-state index < -0.39 is 11.7 Å². The summed E-state index contributed by atoms with van der Waals surface area (Å²) in [6, 6.07) is 15.3. The van der Waals surface area contributed by atoms with Gasteiger partial charge in [0, 0.05) is 55.2 Å². The van der Waals surface area contributed by atoms with Crippen LogP contribution in [-0.4, -0.2) is 90.0 Å². The third-order valence-corrected chi connectivity index (χ3v) is 9.47. The number of piperidine rings is 1. The predicted octanol–water partition coefficient (Wildman–Crippen LogP) is 5.40. The molecule has 1 saturated carbocycles. The highest BCUT2D eigenvalue weighted by Gasteiger charge is 2.28. The van der Waals surface area contributed by atoms with Crippen LogP contribution in [0.5, 0.6) is 5.75 Å². The van der Waals surface area contributed by atoms with Crippen molar-refractivity contribution in [2.24, 2.45) is 0 Å². The Labute approximate surface area is 275 Å². The van der Waals surface area contributed by atoms with Crippen LogP contribution < -0.4 is 20.3 Å². The quantitative estimate of drug-likeness (QED) is 0.211. The topological polar surface area (TPSA) is 108 Å². The van der Waals surface area contributed by atoms with Crippen LogP contribution in [0.15, 0.2) is 48.5 Å². The Morgan fingerprint density at radius 1 is 1.04 bits per heavy atom. The summed E-state index contributed by atoms with van der Waals surface area (Å²) in [6.07, 6.45) is 4.66. The average molecular weight is 644 g/mol. The molecule has 0 bridgehead atoms. The van der Waals surface area contributed by atoms with Gasteiger partial charge < -0.3 is 29.5 Å². The molecule has 3 N–H and O–H groups in total. The highest BCUT2D eigenvalue weighted by molar-refractivity contribution is 6.05. The van der Waals surface area contributed by atoms with Crippen molar-refractivity contribution in [2.45, 2.75) is 63.6 Å². The lowest BCUT2D eigenvalue weighted by Gasteiger charge is -2.34. The van der Waals surface area contributed by atoms with E-state index in [1.165, 1.54) is 13.2 Å². The molecule has 2 aromatic heterocycles. The minimum absolute atomic E-state index is 0.0359. The number of fused-ring (bicyclic) bond motifs is 1. The van der Waals surface area contributed by atoms with Crippen molar-refractivity contribution < 1.29 is 19.0 Å². The van der Waals surface area contributed by atoms with Crippen LogP contribution >= 0.6 is 0 Å². The van der Waals surface area contributed by atoms with E-state index in [1.54, 1.807) is 31.2 Å². The van der Waals surface area contributed by atoms with E-state index in [2.05, 4.69) is 56.2 Å². The lowest BCUT2D eigenvalue weighted by molar-refractivity contribution is 0.101. The number of carbonyl (C=O) groups excluding carboxylic acids is 1. The smallest absolute Gasteiger partial charge is 0.261 e. The van der Waals surface area contributed by atoms with Gasteiger partial charge in [-0.1, -0.05) is 12.1 Å². The van der Waals surface area contributed by atoms with Crippen LogP contribution in [0.3, 0.4) is 0 Å². The number of pyridine rings is 1. The zero-order valence-electron chi connectivity index (χ0n) is 27.8. The number of amides is 1. The Morgan fingerprint density at radius 3 is 2.51 bits per heavy atom. The number of para-hydroxylation sites is 1. The number of anilines is 2. The lowest BCUT2D eigenvalue weighted by Crippen LogP contribution is -2.44. The van der Waals surface area contributed by atoms with Crippen LogP contribution in [0, 0.1) is 12.7 Å². The number of methoxy groups -OCH3 is 1. The summed E-state index contributed by atoms with van der Waals surface area (Å²) in [5.41, 5.74) is 3.73. The molecule has 2 aliphatic rings. The predicted molar refractivity (Wildman–Crippen MR) is 184 cm³/mol. The van der Waals surface area contributed by atoms with Gasteiger partial charge in [0.1, 0.15) is 11.4 Å². The number of ether oxygens (including phenoxy) is 1. The van der Waals surface area contributed by atoms with E-state index in [0.29, 0.717) is 41.8 Å². The molecule has 2 fully saturated rings. The fourth-order valence-electron chi connectivity index (χ4n) is 6.90. The molecule has 2 aromatic carbocycles. The molecule has 4 aromatic rings. The molecule has 250 valence electrons. The van der Waals surface area contributed by atoms with Gasteiger partial charge in [0.15, 0.2) is 5.82 Å². The number of hydrogen-bond acceptors (Lipinski definition) is 8. The molecule has 47 heavy (non-hydrogen) atoms. The molecule has 1 amide bonds. The second-order valence-electron chi connectivity index (χ2n) is 13.1. The van der Waals surface area contributed by atoms with Gasteiger partial charge in [-0.15, -0.1) is 0 Å². The number of benzene rings is 2. The van der Waals surface area contributed by atoms with Gasteiger partial charge in [-0.3, -0.25) is 10.1 Å². The third-order valence-electron chi connectivity index (χ3n) is 9.47. The van der Waals surface area contributed by atoms with Crippen molar-refractivity contribution in [3.05, 3.63) is 65.6 Å². The minimum atomic E-state index is -0.719. The summed E-state index contributed by atoms with van der Waals surface area (Å²) in [4.78, 5) is 27.7. The van der Waals surface area contributed by atoms with Crippen LogP contribution in [0.4, 0.5) is 16.0 Å². The lowest BCUT2D eigenvalue weighted by atomic mass is 9.93. The Morgan fingerprint density at radius 2 is 1.79 bits per heavy atom. The number of carbonyl (C=O) groups is 1. The van der Waals surface area contributed by atoms with Crippen molar-refractivity contribution in [1.29, 1.82) is 0 Å². The number of rotatable bonds is 10. The first-order valence-electron chi connectivity index (χ1n) is 16.7. The molecule has 11 heteroatoms. The molecule has 6 rings (SSSR count). The van der Waals surface area contributed by atoms with Crippen molar-refractivity contribution in [1.82, 2.24) is 24.8 Å². The number of likely N-dealkylation sites (N-methyl/N-ethyl adjacent to an activating group) is 1. The van der Waals surface area contributed by atoms with E-state index in [-0.39, 0.29) is 23.4 Å². The maximum Gasteiger partial charge on any atom is 0.261 e. The zero-order chi connectivity index (χ0) is 33.1. The van der Waals surface area contributed by atoms with Crippen LogP contribution in [0.2, 0.25) is 0 Å². The van der Waals surface area contributed by atoms with Crippen LogP contribution in [0.1, 0.15) is 60.6 Å². The Bertz CT molecular complexity index is 1710. The SMILES string of the molecule is COc1ccccc1-c1nc(C)cc(C(=O)Nc2nc3ccc(N4CCC(NCCN(C)C)CC4)cc3n2C2CCC(O)CC2)c1F. The molecule has 1 saturated heterocycles. The van der Waals surface area contributed by atoms with Gasteiger partial charge >= 0.3 is 0 Å². The van der Waals surface area contributed by atoms with Gasteiger partial charge in [0.25, 0.3) is 5.91 Å². The van der Waals surface area contributed by atoms with E-state index in [9.17, 15) is 9.90 Å². The van der Waals surface area contributed by atoms with Gasteiger partial charge in [-0.25, -0.2) is 14.4 Å². The highest BCUT2D eigenvalue weighted by atomic mass is 19.1. The van der Waals surface area contributed by atoms with E-state index in [0.717, 1.165) is 68.6 Å². The first-order chi connectivity index (χ1) is 22.7. The molecule has 10 nitrogen and oxygen atoms in total. The summed E-state index contributed by atoms with van der Waals surface area (Å²) < 4.78 is 23.6. The largest absolute Gasteiger partial charge is 0.496 e. The number of aryl methyl sites for hydroxylation is 1. The second kappa shape index (κ2) is 14.4. The fraction of sp³-hybridized carbons (Fsp3) is 0.472. The molecular weight excluding hydrogens is 597 g/mol. The molecule has 0 atom stereocenters. The number of aliphatic hydroxyl groups excluding tert-OH is 1. The molecule has 3 heterocycles. The monoisotopic (exact) mass is 643 g/mol. The first kappa shape index (κ1) is 32.9.